The van der Waals surface area contributed by atoms with Crippen molar-refractivity contribution in [2.45, 2.75) is 19.4 Å². The van der Waals surface area contributed by atoms with E-state index in [0.29, 0.717) is 24.9 Å². The molecule has 0 fully saturated rings. The average Bonchev–Trinajstić information content (AvgIpc) is 2.87. The summed E-state index contributed by atoms with van der Waals surface area (Å²) in [6.07, 6.45) is 3.33. The molecule has 7 heteroatoms. The number of nitrogens with zero attached hydrogens (tertiary/aromatic N) is 3. The molecule has 2 heterocycles. The van der Waals surface area contributed by atoms with Gasteiger partial charge in [-0.2, -0.15) is 4.98 Å². The molecule has 0 radical (unpaired) electrons. The summed E-state index contributed by atoms with van der Waals surface area (Å²) in [7, 11) is 0. The molecule has 2 aromatic heterocycles. The summed E-state index contributed by atoms with van der Waals surface area (Å²) in [5.41, 5.74) is 6.07. The third kappa shape index (κ3) is 3.37. The van der Waals surface area contributed by atoms with Gasteiger partial charge < -0.3 is 15.0 Å². The van der Waals surface area contributed by atoms with Crippen LogP contribution in [0.15, 0.2) is 27.5 Å². The Hall–Kier alpha value is -1.31. The van der Waals surface area contributed by atoms with E-state index >= 15 is 0 Å². The van der Waals surface area contributed by atoms with E-state index in [4.69, 9.17) is 15.0 Å². The molecule has 2 aromatic rings. The molecule has 102 valence electrons. The first kappa shape index (κ1) is 14.1. The van der Waals surface area contributed by atoms with Gasteiger partial charge in [0.05, 0.1) is 12.2 Å². The molecule has 0 aliphatic carbocycles. The normalized spacial score (nSPS) is 14.3. The zero-order valence-electron chi connectivity index (χ0n) is 10.8. The quantitative estimate of drug-likeness (QED) is 0.905. The lowest BCUT2D eigenvalue weighted by Gasteiger charge is -2.19. The van der Waals surface area contributed by atoms with Crippen molar-refractivity contribution < 1.29 is 9.26 Å². The van der Waals surface area contributed by atoms with Crippen molar-refractivity contribution in [3.05, 3.63) is 28.8 Å². The van der Waals surface area contributed by atoms with Gasteiger partial charge in [-0.05, 0) is 35.8 Å². The Labute approximate surface area is 119 Å². The number of pyridine rings is 1. The fourth-order valence-electron chi connectivity index (χ4n) is 1.48. The Morgan fingerprint density at radius 1 is 1.47 bits per heavy atom. The third-order valence-electron chi connectivity index (χ3n) is 2.49. The van der Waals surface area contributed by atoms with Crippen LogP contribution < -0.4 is 5.73 Å². The van der Waals surface area contributed by atoms with Gasteiger partial charge in [0.2, 0.25) is 0 Å². The Balaban J connectivity index is 2.23. The molecule has 1 unspecified atom stereocenters. The lowest BCUT2D eigenvalue weighted by molar-refractivity contribution is 0.0962. The van der Waals surface area contributed by atoms with Crippen LogP contribution in [-0.4, -0.2) is 28.3 Å². The second-order valence-corrected chi connectivity index (χ2v) is 5.29. The molecule has 0 saturated carbocycles. The molecule has 0 spiro atoms. The third-order valence-corrected chi connectivity index (χ3v) is 2.93. The summed E-state index contributed by atoms with van der Waals surface area (Å²) in [6, 6.07) is 1.85. The van der Waals surface area contributed by atoms with Crippen molar-refractivity contribution in [1.29, 1.82) is 0 Å². The van der Waals surface area contributed by atoms with Crippen LogP contribution in [-0.2, 0) is 10.3 Å². The van der Waals surface area contributed by atoms with Gasteiger partial charge in [0.1, 0.15) is 5.54 Å². The molecule has 2 rings (SSSR count). The number of hydrogen-bond donors (Lipinski definition) is 1. The summed E-state index contributed by atoms with van der Waals surface area (Å²) < 4.78 is 11.4. The molecular formula is C12H15BrN4O2. The lowest BCUT2D eigenvalue weighted by Crippen LogP contribution is -2.39. The van der Waals surface area contributed by atoms with E-state index in [0.717, 1.165) is 10.0 Å². The molecule has 0 amide bonds. The van der Waals surface area contributed by atoms with Crippen LogP contribution in [0, 0.1) is 0 Å². The minimum atomic E-state index is -0.781. The molecule has 6 nitrogen and oxygen atoms in total. The number of ether oxygens (including phenoxy) is 1. The number of aromatic nitrogens is 3. The Morgan fingerprint density at radius 2 is 2.26 bits per heavy atom. The Bertz CT molecular complexity index is 556. The molecule has 0 aliphatic heterocycles. The minimum Gasteiger partial charge on any atom is -0.379 e. The summed E-state index contributed by atoms with van der Waals surface area (Å²) in [5.74, 6) is 0.799. The van der Waals surface area contributed by atoms with Gasteiger partial charge in [0, 0.05) is 23.5 Å². The van der Waals surface area contributed by atoms with Crippen LogP contribution in [0.5, 0.6) is 0 Å². The molecule has 1 atom stereocenters. The lowest BCUT2D eigenvalue weighted by atomic mass is 10.1. The van der Waals surface area contributed by atoms with Gasteiger partial charge in [0.15, 0.2) is 5.82 Å². The van der Waals surface area contributed by atoms with Gasteiger partial charge in [-0.15, -0.1) is 0 Å². The summed E-state index contributed by atoms with van der Waals surface area (Å²) in [5, 5.41) is 3.91. The highest BCUT2D eigenvalue weighted by Crippen LogP contribution is 2.23. The van der Waals surface area contributed by atoms with Crippen molar-refractivity contribution in [3.8, 4) is 11.5 Å². The van der Waals surface area contributed by atoms with E-state index in [9.17, 15) is 0 Å². The second kappa shape index (κ2) is 5.77. The maximum atomic E-state index is 6.11. The van der Waals surface area contributed by atoms with E-state index in [1.54, 1.807) is 19.3 Å². The van der Waals surface area contributed by atoms with Crippen molar-refractivity contribution in [3.63, 3.8) is 0 Å². The number of nitrogens with two attached hydrogens (primary N) is 1. The van der Waals surface area contributed by atoms with Crippen LogP contribution in [0.25, 0.3) is 11.5 Å². The Kier molecular flexibility index (Phi) is 4.28. The molecule has 2 N–H and O–H groups in total. The SMILES string of the molecule is CCOCC(C)(N)c1noc(-c2cncc(Br)c2)n1. The molecule has 0 saturated heterocycles. The van der Waals surface area contributed by atoms with E-state index in [1.807, 2.05) is 13.0 Å². The number of rotatable bonds is 5. The molecular weight excluding hydrogens is 312 g/mol. The highest BCUT2D eigenvalue weighted by atomic mass is 79.9. The molecule has 0 bridgehead atoms. The van der Waals surface area contributed by atoms with Crippen LogP contribution >= 0.6 is 15.9 Å². The zero-order valence-corrected chi connectivity index (χ0v) is 12.3. The molecule has 0 aliphatic rings. The monoisotopic (exact) mass is 326 g/mol. The second-order valence-electron chi connectivity index (χ2n) is 4.37. The van der Waals surface area contributed by atoms with Gasteiger partial charge in [-0.3, -0.25) is 4.98 Å². The zero-order chi connectivity index (χ0) is 13.9. The minimum absolute atomic E-state index is 0.333. The largest absolute Gasteiger partial charge is 0.379 e. The van der Waals surface area contributed by atoms with Gasteiger partial charge >= 0.3 is 0 Å². The standard InChI is InChI=1S/C12H15BrN4O2/c1-3-18-7-12(2,14)11-16-10(19-17-11)8-4-9(13)6-15-5-8/h4-6H,3,7,14H2,1-2H3. The first-order valence-corrected chi connectivity index (χ1v) is 6.64. The summed E-state index contributed by atoms with van der Waals surface area (Å²) in [6.45, 7) is 4.63. The van der Waals surface area contributed by atoms with Crippen LogP contribution in [0.2, 0.25) is 0 Å². The highest BCUT2D eigenvalue weighted by molar-refractivity contribution is 9.10. The van der Waals surface area contributed by atoms with Crippen molar-refractivity contribution in [1.82, 2.24) is 15.1 Å². The predicted octanol–water partition coefficient (Wildman–Crippen LogP) is 2.10. The smallest absolute Gasteiger partial charge is 0.259 e. The van der Waals surface area contributed by atoms with Crippen LogP contribution in [0.3, 0.4) is 0 Å². The number of hydrogen-bond acceptors (Lipinski definition) is 6. The maximum absolute atomic E-state index is 6.11. The van der Waals surface area contributed by atoms with Crippen LogP contribution in [0.4, 0.5) is 0 Å². The van der Waals surface area contributed by atoms with Gasteiger partial charge in [-0.1, -0.05) is 5.16 Å². The van der Waals surface area contributed by atoms with Crippen molar-refractivity contribution in [2.75, 3.05) is 13.2 Å². The first-order valence-electron chi connectivity index (χ1n) is 5.84. The Morgan fingerprint density at radius 3 is 2.95 bits per heavy atom. The topological polar surface area (TPSA) is 87.1 Å². The fourth-order valence-corrected chi connectivity index (χ4v) is 1.84. The van der Waals surface area contributed by atoms with Gasteiger partial charge in [0.25, 0.3) is 5.89 Å². The van der Waals surface area contributed by atoms with Crippen molar-refractivity contribution in [2.24, 2.45) is 5.73 Å². The molecule has 0 aromatic carbocycles. The fraction of sp³-hybridized carbons (Fsp3) is 0.417. The van der Waals surface area contributed by atoms with E-state index < -0.39 is 5.54 Å². The summed E-state index contributed by atoms with van der Waals surface area (Å²) in [4.78, 5) is 8.35. The predicted molar refractivity (Wildman–Crippen MR) is 73.3 cm³/mol. The highest BCUT2D eigenvalue weighted by Gasteiger charge is 2.28. The van der Waals surface area contributed by atoms with E-state index in [1.165, 1.54) is 0 Å². The van der Waals surface area contributed by atoms with E-state index in [-0.39, 0.29) is 0 Å². The maximum Gasteiger partial charge on any atom is 0.259 e. The average molecular weight is 327 g/mol. The van der Waals surface area contributed by atoms with Crippen molar-refractivity contribution >= 4 is 15.9 Å². The van der Waals surface area contributed by atoms with E-state index in [2.05, 4.69) is 31.1 Å². The number of halogens is 1. The van der Waals surface area contributed by atoms with Gasteiger partial charge in [-0.25, -0.2) is 0 Å². The van der Waals surface area contributed by atoms with Crippen LogP contribution in [0.1, 0.15) is 19.7 Å². The molecule has 19 heavy (non-hydrogen) atoms. The summed E-state index contributed by atoms with van der Waals surface area (Å²) >= 11 is 3.34. The first-order chi connectivity index (χ1) is 9.03.